The van der Waals surface area contributed by atoms with Gasteiger partial charge in [0.1, 0.15) is 0 Å². The van der Waals surface area contributed by atoms with Crippen molar-refractivity contribution >= 4 is 39.5 Å². The molecule has 4 saturated carbocycles. The van der Waals surface area contributed by atoms with Crippen LogP contribution >= 0.6 is 0 Å². The van der Waals surface area contributed by atoms with E-state index in [0.717, 1.165) is 43.4 Å². The molecule has 4 aliphatic carbocycles. The molecule has 0 aromatic carbocycles. The van der Waals surface area contributed by atoms with Gasteiger partial charge >= 0.3 is 10.2 Å². The molecule has 2 spiro atoms. The molecule has 1 unspecified atom stereocenters. The fourth-order valence-corrected chi connectivity index (χ4v) is 14.0. The number of rotatable bonds is 15. The Balaban J connectivity index is 1.16. The van der Waals surface area contributed by atoms with E-state index >= 15 is 4.79 Å². The van der Waals surface area contributed by atoms with Crippen molar-refractivity contribution in [2.24, 2.45) is 44.8 Å². The van der Waals surface area contributed by atoms with Gasteiger partial charge in [0.15, 0.2) is 11.6 Å². The van der Waals surface area contributed by atoms with Crippen LogP contribution in [-0.4, -0.2) is 102 Å². The van der Waals surface area contributed by atoms with Crippen LogP contribution in [0.3, 0.4) is 0 Å². The highest BCUT2D eigenvalue weighted by Crippen LogP contribution is 2.88. The molecular formula is C46H73N5O7S. The number of nitrogens with one attached hydrogen (secondary N) is 2. The number of fused-ring (bicyclic) bond motifs is 1. The summed E-state index contributed by atoms with van der Waals surface area (Å²) in [6.07, 6.45) is 10.2. The summed E-state index contributed by atoms with van der Waals surface area (Å²) in [6.45, 7) is 8.09. The van der Waals surface area contributed by atoms with Crippen molar-refractivity contribution in [2.45, 2.75) is 175 Å². The van der Waals surface area contributed by atoms with Crippen LogP contribution < -0.4 is 10.0 Å². The second-order valence-electron chi connectivity index (χ2n) is 20.9. The van der Waals surface area contributed by atoms with Gasteiger partial charge in [-0.25, -0.2) is 4.72 Å². The van der Waals surface area contributed by atoms with E-state index in [4.69, 9.17) is 9.60 Å². The molecule has 3 aliphatic heterocycles. The summed E-state index contributed by atoms with van der Waals surface area (Å²) in [5.41, 5.74) is -2.79. The number of ketones is 2. The van der Waals surface area contributed by atoms with Crippen LogP contribution in [0.25, 0.3) is 0 Å². The van der Waals surface area contributed by atoms with Gasteiger partial charge in [-0.1, -0.05) is 66.4 Å². The summed E-state index contributed by atoms with van der Waals surface area (Å²) >= 11 is 0. The van der Waals surface area contributed by atoms with Crippen LogP contribution in [0.5, 0.6) is 0 Å². The van der Waals surface area contributed by atoms with Gasteiger partial charge in [0.05, 0.1) is 23.5 Å². The maximum atomic E-state index is 15.4. The lowest BCUT2D eigenvalue weighted by atomic mass is 9.73. The predicted octanol–water partition coefficient (Wildman–Crippen LogP) is 5.95. The SMILES string of the molecule is [2H]C([2H])([2H])C([2H])(N1CCC[C@H]1C(=O)NC(C(=O)C[C@H](C(=O)N1C[C@]2(C[C@H]1C(=O)C[C@]1(C(=O)NS(=O)(=O)N3CCCC3)C[C@H]1C=C)C(C)(C)C21CCC1)C(C)(C)C)C1CCCCC1)C([2H])([2H])[2H]. The van der Waals surface area contributed by atoms with E-state index in [1.807, 2.05) is 20.8 Å². The van der Waals surface area contributed by atoms with E-state index in [9.17, 15) is 27.6 Å². The Kier molecular flexibility index (Phi) is 9.69. The van der Waals surface area contributed by atoms with Crippen LogP contribution in [0.2, 0.25) is 0 Å². The molecular weight excluding hydrogens is 767 g/mol. The van der Waals surface area contributed by atoms with Crippen molar-refractivity contribution in [2.75, 3.05) is 26.2 Å². The molecule has 7 rings (SSSR count). The third kappa shape index (κ3) is 7.56. The second kappa shape index (κ2) is 15.9. The summed E-state index contributed by atoms with van der Waals surface area (Å²) in [5.74, 6) is -4.25. The van der Waals surface area contributed by atoms with E-state index < -0.39 is 88.3 Å². The Morgan fingerprint density at radius 3 is 2.14 bits per heavy atom. The van der Waals surface area contributed by atoms with E-state index in [-0.39, 0.29) is 72.5 Å². The molecule has 3 amide bonds. The Morgan fingerprint density at radius 2 is 1.58 bits per heavy atom. The molecule has 3 saturated heterocycles. The number of allylic oxidation sites excluding steroid dienone is 1. The first kappa shape index (κ1) is 35.9. The van der Waals surface area contributed by atoms with Gasteiger partial charge in [-0.05, 0) is 113 Å². The monoisotopic (exact) mass is 847 g/mol. The fraction of sp³-hybridized carbons (Fsp3) is 0.848. The molecule has 7 atom stereocenters. The van der Waals surface area contributed by atoms with Crippen molar-refractivity contribution in [3.8, 4) is 0 Å². The number of carbonyl (C=O) groups excluding carboxylic acids is 5. The number of Topliss-reactive ketones (excluding diaryl/α,β-unsaturated/α-hetero) is 2. The molecule has 3 heterocycles. The highest BCUT2D eigenvalue weighted by Gasteiger charge is 2.85. The third-order valence-corrected chi connectivity index (χ3v) is 18.3. The molecule has 7 fully saturated rings. The number of hydrogen-bond acceptors (Lipinski definition) is 8. The number of carbonyl (C=O) groups is 5. The van der Waals surface area contributed by atoms with Gasteiger partial charge in [0.25, 0.3) is 0 Å². The van der Waals surface area contributed by atoms with Crippen LogP contribution in [0.4, 0.5) is 0 Å². The normalized spacial score (nSPS) is 35.2. The lowest BCUT2D eigenvalue weighted by molar-refractivity contribution is -0.147. The summed E-state index contributed by atoms with van der Waals surface area (Å²) in [4.78, 5) is 76.2. The Labute approximate surface area is 363 Å². The Bertz CT molecular complexity index is 2060. The minimum Gasteiger partial charge on any atom is -0.345 e. The standard InChI is InChI=1S/C46H73N5O7S/c1-9-32-26-44(32,41(56)48-59(57,58)49-22-13-14-23-49)28-37(53)35-27-46(43(7,8)45(46)20-16-21-45)29-51(35)40(55)33(42(4,5)6)25-36(52)38(31-17-11-10-12-18-31)47-39(54)34-19-15-24-50(34)30(2)3/h9,30-35,38H,1,10-29H2,2-8H3,(H,47,54)(H,48,56)/t32-,33-,34+,35+,38?,44-,46-/m1/s1/i2D3,3D3,30D. The molecule has 13 heteroatoms. The zero-order chi connectivity index (χ0) is 48.8. The molecule has 7 aliphatic rings. The molecule has 0 radical (unpaired) electrons. The van der Waals surface area contributed by atoms with Crippen LogP contribution in [-0.2, 0) is 34.2 Å². The van der Waals surface area contributed by atoms with Crippen molar-refractivity contribution in [1.82, 2.24) is 24.1 Å². The molecule has 2 N–H and O–H groups in total. The minimum atomic E-state index is -4.13. The molecule has 12 nitrogen and oxygen atoms in total. The molecule has 0 aromatic rings. The van der Waals surface area contributed by atoms with Crippen molar-refractivity contribution < 1.29 is 42.0 Å². The average molecular weight is 847 g/mol. The zero-order valence-corrected chi connectivity index (χ0v) is 36.8. The van der Waals surface area contributed by atoms with E-state index in [0.29, 0.717) is 51.7 Å². The van der Waals surface area contributed by atoms with Crippen molar-refractivity contribution in [3.05, 3.63) is 12.7 Å². The average Bonchev–Trinajstić information content (AvgIpc) is 3.61. The Morgan fingerprint density at radius 1 is 0.898 bits per heavy atom. The first-order chi connectivity index (χ1) is 30.5. The highest BCUT2D eigenvalue weighted by molar-refractivity contribution is 7.87. The van der Waals surface area contributed by atoms with Gasteiger partial charge in [-0.15, -0.1) is 6.58 Å². The largest absolute Gasteiger partial charge is 0.345 e. The fourth-order valence-electron chi connectivity index (χ4n) is 12.7. The molecule has 0 bridgehead atoms. The first-order valence-electron chi connectivity index (χ1n) is 25.8. The number of hydrogen-bond donors (Lipinski definition) is 2. The van der Waals surface area contributed by atoms with E-state index in [1.54, 1.807) is 11.0 Å². The van der Waals surface area contributed by atoms with Crippen molar-refractivity contribution in [3.63, 3.8) is 0 Å². The number of likely N-dealkylation sites (tertiary alicyclic amines) is 2. The summed E-state index contributed by atoms with van der Waals surface area (Å²) < 4.78 is 87.3. The lowest BCUT2D eigenvalue weighted by Gasteiger charge is -2.37. The second-order valence-corrected chi connectivity index (χ2v) is 22.6. The van der Waals surface area contributed by atoms with Crippen LogP contribution in [0.1, 0.15) is 161 Å². The molecule has 330 valence electrons. The van der Waals surface area contributed by atoms with Crippen LogP contribution in [0.15, 0.2) is 12.7 Å². The summed E-state index contributed by atoms with van der Waals surface area (Å²) in [6, 6.07) is -6.34. The molecule has 0 aromatic heterocycles. The Hall–Kier alpha value is -2.64. The van der Waals surface area contributed by atoms with Gasteiger partial charge in [-0.3, -0.25) is 28.9 Å². The van der Waals surface area contributed by atoms with E-state index in [1.165, 1.54) is 4.31 Å². The van der Waals surface area contributed by atoms with Gasteiger partial charge < -0.3 is 10.2 Å². The third-order valence-electron chi connectivity index (χ3n) is 16.8. The number of amides is 3. The first-order valence-corrected chi connectivity index (χ1v) is 23.8. The van der Waals surface area contributed by atoms with E-state index in [2.05, 4.69) is 30.5 Å². The zero-order valence-electron chi connectivity index (χ0n) is 43.0. The highest BCUT2D eigenvalue weighted by atomic mass is 32.2. The number of nitrogens with zero attached hydrogens (tertiary/aromatic N) is 3. The van der Waals surface area contributed by atoms with Gasteiger partial charge in [-0.2, -0.15) is 12.7 Å². The van der Waals surface area contributed by atoms with Crippen LogP contribution in [0, 0.1) is 44.8 Å². The van der Waals surface area contributed by atoms with Crippen molar-refractivity contribution in [1.29, 1.82) is 0 Å². The molecule has 59 heavy (non-hydrogen) atoms. The van der Waals surface area contributed by atoms with Gasteiger partial charge in [0, 0.05) is 59.4 Å². The topological polar surface area (TPSA) is 153 Å². The maximum Gasteiger partial charge on any atom is 0.303 e. The lowest BCUT2D eigenvalue weighted by Crippen LogP contribution is -2.54. The predicted molar refractivity (Wildman–Crippen MR) is 227 cm³/mol. The van der Waals surface area contributed by atoms with Gasteiger partial charge in [0.2, 0.25) is 17.7 Å². The maximum absolute atomic E-state index is 15.4. The smallest absolute Gasteiger partial charge is 0.303 e. The summed E-state index contributed by atoms with van der Waals surface area (Å²) in [7, 11) is -4.13. The minimum absolute atomic E-state index is 0.0665. The quantitative estimate of drug-likeness (QED) is 0.192. The summed E-state index contributed by atoms with van der Waals surface area (Å²) in [5, 5.41) is 2.92.